The number of hydrogen-bond acceptors (Lipinski definition) is 11. The molecule has 2 radical (unpaired) electrons. The summed E-state index contributed by atoms with van der Waals surface area (Å²) in [5.74, 6) is -4.03. The molecule has 1 aromatic carbocycles. The van der Waals surface area contributed by atoms with Crippen LogP contribution in [-0.2, 0) is 23.8 Å². The standard InChI is InChI=1S/C35H42O10S.2Ac/c1-18-21(44-31(40)25(36)19(2)22-12-9-15-46-22)16-35(42)29(45-30(39)20-10-7-6-8-11-20)27-33(5,14-13-23-34(27,41)17-43-23)28(38)26(37)24(18)32(35,3)4;;/h6-12,15,19,21,23,25-27,29,36-37,41-42H,13-14,16-17H2,1-5H3;;/t19?,21?,23?,25?,26?,27?,29?,33-,34+,35?;;/m1../s1. The molecule has 1 aliphatic heterocycles. The van der Waals surface area contributed by atoms with Crippen LogP contribution in [0, 0.1) is 105 Å². The summed E-state index contributed by atoms with van der Waals surface area (Å²) < 4.78 is 17.9. The Morgan fingerprint density at radius 3 is 2.29 bits per heavy atom. The number of ketones is 1. The van der Waals surface area contributed by atoms with Crippen molar-refractivity contribution in [3.63, 3.8) is 0 Å². The SMILES string of the molecule is CC1=C2C(O)C(=O)[C@]3(C)CCC4OC[C@@]4(O)C3C(OC(=O)c3ccccc3)C(O)(CC1OC(=O)C(O)C(C)c1cccs1)C2(C)C.[Ac].[Ac]. The first-order chi connectivity index (χ1) is 21.6. The molecule has 1 aromatic heterocycles. The topological polar surface area (TPSA) is 160 Å². The van der Waals surface area contributed by atoms with Crippen molar-refractivity contribution >= 4 is 29.1 Å². The summed E-state index contributed by atoms with van der Waals surface area (Å²) in [7, 11) is 0. The van der Waals surface area contributed by atoms with Crippen molar-refractivity contribution in [2.45, 2.75) is 102 Å². The van der Waals surface area contributed by atoms with E-state index in [0.717, 1.165) is 4.88 Å². The van der Waals surface area contributed by atoms with Gasteiger partial charge in [0.15, 0.2) is 11.9 Å². The van der Waals surface area contributed by atoms with Crippen molar-refractivity contribution in [1.29, 1.82) is 0 Å². The van der Waals surface area contributed by atoms with Crippen molar-refractivity contribution in [3.8, 4) is 0 Å². The van der Waals surface area contributed by atoms with Crippen molar-refractivity contribution in [1.82, 2.24) is 0 Å². The van der Waals surface area contributed by atoms with E-state index < -0.39 is 82.1 Å². The number of hydrogen-bond donors (Lipinski definition) is 4. The van der Waals surface area contributed by atoms with Gasteiger partial charge in [-0.15, -0.1) is 11.3 Å². The third kappa shape index (κ3) is 6.35. The molecule has 13 heteroatoms. The number of aliphatic hydroxyl groups is 4. The molecule has 6 rings (SSSR count). The molecule has 8 unspecified atom stereocenters. The predicted molar refractivity (Wildman–Crippen MR) is 167 cm³/mol. The minimum Gasteiger partial charge on any atom is -0.456 e. The largest absolute Gasteiger partial charge is 0.456 e. The zero-order valence-corrected chi connectivity index (χ0v) is 38.1. The van der Waals surface area contributed by atoms with Gasteiger partial charge in [-0.05, 0) is 54.5 Å². The van der Waals surface area contributed by atoms with Gasteiger partial charge in [0.2, 0.25) is 0 Å². The summed E-state index contributed by atoms with van der Waals surface area (Å²) in [6.07, 6.45) is -6.33. The smallest absolute Gasteiger partial charge is 0.338 e. The Bertz CT molecular complexity index is 1560. The number of benzene rings is 1. The van der Waals surface area contributed by atoms with Gasteiger partial charge in [-0.2, -0.15) is 0 Å². The number of carbonyl (C=O) groups excluding carboxylic acids is 3. The van der Waals surface area contributed by atoms with Crippen molar-refractivity contribution < 1.29 is 137 Å². The number of fused-ring (bicyclic) bond motifs is 5. The van der Waals surface area contributed by atoms with E-state index in [4.69, 9.17) is 14.2 Å². The van der Waals surface area contributed by atoms with Crippen LogP contribution in [0.2, 0.25) is 0 Å². The van der Waals surface area contributed by atoms with E-state index >= 15 is 0 Å². The van der Waals surface area contributed by atoms with Crippen LogP contribution in [0.1, 0.15) is 75.0 Å². The molecule has 2 saturated carbocycles. The normalized spacial score (nSPS) is 36.3. The Hall–Kier alpha value is -0.0469. The number of ether oxygens (including phenoxy) is 3. The average Bonchev–Trinajstić information content (AvgIpc) is 3.56. The summed E-state index contributed by atoms with van der Waals surface area (Å²) in [4.78, 5) is 42.4. The van der Waals surface area contributed by atoms with E-state index in [-0.39, 0.29) is 119 Å². The van der Waals surface area contributed by atoms with Gasteiger partial charge >= 0.3 is 11.9 Å². The molecule has 48 heavy (non-hydrogen) atoms. The molecule has 0 amide bonds. The Kier molecular flexibility index (Phi) is 12.5. The minimum atomic E-state index is -2.07. The number of Topliss-reactive ketones (excluding diaryl/α,β-unsaturated/α-hetero) is 1. The molecule has 254 valence electrons. The number of esters is 2. The van der Waals surface area contributed by atoms with Crippen molar-refractivity contribution in [2.75, 3.05) is 6.61 Å². The van der Waals surface area contributed by atoms with E-state index in [2.05, 4.69) is 0 Å². The molecule has 0 spiro atoms. The molecule has 1 saturated heterocycles. The Balaban J connectivity index is 0.00000260. The Morgan fingerprint density at radius 1 is 1.04 bits per heavy atom. The zero-order valence-electron chi connectivity index (χ0n) is 27.8. The number of rotatable bonds is 6. The van der Waals surface area contributed by atoms with E-state index in [1.165, 1.54) is 11.3 Å². The second-order valence-electron chi connectivity index (χ2n) is 14.2. The fraction of sp³-hybridized carbons (Fsp3) is 0.571. The molecule has 10 nitrogen and oxygen atoms in total. The van der Waals surface area contributed by atoms with Crippen LogP contribution in [-0.4, -0.2) is 86.5 Å². The molecule has 3 aliphatic carbocycles. The average molecular weight is 1110 g/mol. The summed E-state index contributed by atoms with van der Waals surface area (Å²) in [5, 5.41) is 49.9. The van der Waals surface area contributed by atoms with Crippen LogP contribution < -0.4 is 0 Å². The minimum absolute atomic E-state index is 0. The Morgan fingerprint density at radius 2 is 1.71 bits per heavy atom. The molecule has 10 atom stereocenters. The maximum absolute atomic E-state index is 14.5. The van der Waals surface area contributed by atoms with E-state index in [1.54, 1.807) is 71.0 Å². The van der Waals surface area contributed by atoms with E-state index in [1.807, 2.05) is 11.4 Å². The fourth-order valence-electron chi connectivity index (χ4n) is 8.52. The first-order valence-corrected chi connectivity index (χ1v) is 16.6. The van der Waals surface area contributed by atoms with Gasteiger partial charge in [-0.25, -0.2) is 9.59 Å². The number of carbonyl (C=O) groups is 3. The van der Waals surface area contributed by atoms with E-state index in [0.29, 0.717) is 12.0 Å². The van der Waals surface area contributed by atoms with Crippen LogP contribution in [0.25, 0.3) is 0 Å². The van der Waals surface area contributed by atoms with Crippen LogP contribution in [0.4, 0.5) is 0 Å². The predicted octanol–water partition coefficient (Wildman–Crippen LogP) is 3.32. The molecule has 4 N–H and O–H groups in total. The maximum Gasteiger partial charge on any atom is 0.338 e. The third-order valence-electron chi connectivity index (χ3n) is 11.5. The van der Waals surface area contributed by atoms with Gasteiger partial charge in [0.1, 0.15) is 29.5 Å². The van der Waals surface area contributed by atoms with Gasteiger partial charge in [0.05, 0.1) is 18.3 Å². The first-order valence-electron chi connectivity index (χ1n) is 15.8. The zero-order chi connectivity index (χ0) is 33.4. The van der Waals surface area contributed by atoms with Crippen LogP contribution in [0.15, 0.2) is 59.0 Å². The summed E-state index contributed by atoms with van der Waals surface area (Å²) in [6, 6.07) is 11.8. The van der Waals surface area contributed by atoms with Crippen LogP contribution in [0.3, 0.4) is 0 Å². The van der Waals surface area contributed by atoms with Crippen molar-refractivity contribution in [2.24, 2.45) is 16.7 Å². The Labute approximate surface area is 356 Å². The number of aliphatic hydroxyl groups excluding tert-OH is 2. The second-order valence-corrected chi connectivity index (χ2v) is 15.2. The van der Waals surface area contributed by atoms with Gasteiger partial charge in [0, 0.05) is 122 Å². The third-order valence-corrected chi connectivity index (χ3v) is 12.5. The maximum atomic E-state index is 14.5. The fourth-order valence-corrected chi connectivity index (χ4v) is 9.33. The summed E-state index contributed by atoms with van der Waals surface area (Å²) in [6.45, 7) is 8.14. The van der Waals surface area contributed by atoms with Crippen molar-refractivity contribution in [3.05, 3.63) is 69.4 Å². The van der Waals surface area contributed by atoms with Crippen LogP contribution >= 0.6 is 11.3 Å². The molecule has 3 fully saturated rings. The quantitative estimate of drug-likeness (QED) is 0.250. The van der Waals surface area contributed by atoms with Gasteiger partial charge in [-0.3, -0.25) is 4.79 Å². The number of thiophene rings is 1. The molecule has 2 heterocycles. The van der Waals surface area contributed by atoms with Gasteiger partial charge in [-0.1, -0.05) is 52.0 Å². The monoisotopic (exact) mass is 1110 g/mol. The van der Waals surface area contributed by atoms with Gasteiger partial charge < -0.3 is 34.6 Å². The molecule has 4 aliphatic rings. The van der Waals surface area contributed by atoms with E-state index in [9.17, 15) is 34.8 Å². The molecular formula is C35H42Ac2O10S. The summed E-state index contributed by atoms with van der Waals surface area (Å²) >= 11 is 1.39. The molecule has 2 aromatic rings. The molecule has 2 bridgehead atoms. The second kappa shape index (κ2) is 14.8. The molecular weight excluding hydrogens is 1070 g/mol. The van der Waals surface area contributed by atoms with Gasteiger partial charge in [0.25, 0.3) is 0 Å². The first kappa shape index (κ1) is 40.7. The summed E-state index contributed by atoms with van der Waals surface area (Å²) in [5.41, 5.74) is -5.81. The van der Waals surface area contributed by atoms with Crippen LogP contribution in [0.5, 0.6) is 0 Å².